The number of amides is 1. The molecule has 0 aromatic carbocycles. The maximum absolute atomic E-state index is 13.3. The number of nitrogens with zero attached hydrogens (tertiary/aromatic N) is 3. The molecular weight excluding hydrogens is 573 g/mol. The fourth-order valence-corrected chi connectivity index (χ4v) is 4.96. The van der Waals surface area contributed by atoms with E-state index in [1.54, 1.807) is 13.8 Å². The Balaban J connectivity index is 0.00000187. The van der Waals surface area contributed by atoms with Gasteiger partial charge in [0.15, 0.2) is 5.69 Å². The van der Waals surface area contributed by atoms with Gasteiger partial charge in [0.1, 0.15) is 11.6 Å². The normalized spacial score (nSPS) is 17.4. The van der Waals surface area contributed by atoms with E-state index in [-0.39, 0.29) is 28.7 Å². The first-order chi connectivity index (χ1) is 19.1. The van der Waals surface area contributed by atoms with E-state index >= 15 is 0 Å². The highest BCUT2D eigenvalue weighted by molar-refractivity contribution is 7.51. The van der Waals surface area contributed by atoms with Crippen molar-refractivity contribution in [1.29, 1.82) is 0 Å². The van der Waals surface area contributed by atoms with Crippen LogP contribution in [0.4, 0.5) is 27.8 Å². The van der Waals surface area contributed by atoms with Gasteiger partial charge in [0.2, 0.25) is 0 Å². The molecule has 0 saturated heterocycles. The molecule has 0 spiro atoms. The Kier molecular flexibility index (Phi) is 12.2. The van der Waals surface area contributed by atoms with Gasteiger partial charge in [-0.3, -0.25) is 9.48 Å². The number of hydrogen-bond donors (Lipinski definition) is 2. The number of anilines is 1. The predicted octanol–water partition coefficient (Wildman–Crippen LogP) is 5.90. The molecule has 41 heavy (non-hydrogen) atoms. The highest BCUT2D eigenvalue weighted by atomic mass is 32.1. The molecule has 0 bridgehead atoms. The molecule has 0 radical (unpaired) electrons. The van der Waals surface area contributed by atoms with E-state index in [0.717, 1.165) is 31.7 Å². The summed E-state index contributed by atoms with van der Waals surface area (Å²) in [5.41, 5.74) is -0.300. The van der Waals surface area contributed by atoms with Gasteiger partial charge in [-0.1, -0.05) is 19.8 Å². The molecule has 1 aliphatic carbocycles. The number of nitrogens with one attached hydrogen (secondary N) is 2. The predicted molar refractivity (Wildman–Crippen MR) is 143 cm³/mol. The Morgan fingerprint density at radius 2 is 1.80 bits per heavy atom. The van der Waals surface area contributed by atoms with Crippen LogP contribution < -0.4 is 15.4 Å². The molecule has 2 N–H and O–H groups in total. The standard InChI is InChI=1S/C26H36F5N5O2.O2S/c1-6-36-22(16(3)21(35-36)23(37)33-12-17-9-7-15(2)8-10-17)18-13-32-20(11-19(18)38-24(27)28)34-25(4,5)14-26(29,30)31;1-3-2/h11,13,15,17,24H,6-10,12,14H2,1-5H3,(H,32,34)(H,33,37);. The third-order valence-corrected chi connectivity index (χ3v) is 6.84. The molecule has 230 valence electrons. The first-order valence-electron chi connectivity index (χ1n) is 13.2. The van der Waals surface area contributed by atoms with Crippen molar-refractivity contribution in [3.8, 4) is 17.0 Å². The molecule has 2 aromatic heterocycles. The summed E-state index contributed by atoms with van der Waals surface area (Å²) < 4.78 is 88.3. The number of aryl methyl sites for hydroxylation is 1. The van der Waals surface area contributed by atoms with Crippen molar-refractivity contribution in [2.45, 2.75) is 91.6 Å². The van der Waals surface area contributed by atoms with Crippen LogP contribution >= 0.6 is 0 Å². The van der Waals surface area contributed by atoms with Gasteiger partial charge in [-0.05, 0) is 52.4 Å². The van der Waals surface area contributed by atoms with E-state index in [4.69, 9.17) is 13.2 Å². The van der Waals surface area contributed by atoms with E-state index in [1.807, 2.05) is 0 Å². The van der Waals surface area contributed by atoms with Gasteiger partial charge >= 0.3 is 24.4 Å². The van der Waals surface area contributed by atoms with Crippen LogP contribution in [0.25, 0.3) is 11.3 Å². The molecule has 0 atom stereocenters. The number of hydrogen-bond acceptors (Lipinski definition) is 7. The maximum atomic E-state index is 13.3. The Morgan fingerprint density at radius 3 is 2.34 bits per heavy atom. The molecular formula is C26H36F5N5O4S. The van der Waals surface area contributed by atoms with Crippen LogP contribution in [-0.4, -0.2) is 54.0 Å². The smallest absolute Gasteiger partial charge is 0.391 e. The van der Waals surface area contributed by atoms with Crippen LogP contribution in [0.2, 0.25) is 0 Å². The van der Waals surface area contributed by atoms with Crippen molar-refractivity contribution in [2.24, 2.45) is 11.8 Å². The summed E-state index contributed by atoms with van der Waals surface area (Å²) in [4.78, 5) is 17.2. The number of rotatable bonds is 10. The monoisotopic (exact) mass is 609 g/mol. The van der Waals surface area contributed by atoms with Gasteiger partial charge in [0.05, 0.1) is 17.7 Å². The van der Waals surface area contributed by atoms with Gasteiger partial charge < -0.3 is 15.4 Å². The second-order valence-corrected chi connectivity index (χ2v) is 10.9. The zero-order chi connectivity index (χ0) is 31.0. The van der Waals surface area contributed by atoms with E-state index in [0.29, 0.717) is 36.2 Å². The summed E-state index contributed by atoms with van der Waals surface area (Å²) in [6, 6.07) is 1.13. The van der Waals surface area contributed by atoms with Crippen LogP contribution in [0.5, 0.6) is 5.75 Å². The number of pyridine rings is 1. The van der Waals surface area contributed by atoms with E-state index in [1.165, 1.54) is 24.7 Å². The van der Waals surface area contributed by atoms with Gasteiger partial charge in [-0.2, -0.15) is 35.5 Å². The first kappa shape index (κ1) is 34.1. The Labute approximate surface area is 239 Å². The van der Waals surface area contributed by atoms with Gasteiger partial charge in [0, 0.05) is 36.5 Å². The largest absolute Gasteiger partial charge is 0.434 e. The van der Waals surface area contributed by atoms with Crippen LogP contribution in [0.1, 0.15) is 75.9 Å². The lowest BCUT2D eigenvalue weighted by Crippen LogP contribution is -2.36. The van der Waals surface area contributed by atoms with Crippen molar-refractivity contribution in [3.63, 3.8) is 0 Å². The number of carbonyl (C=O) groups is 1. The van der Waals surface area contributed by atoms with Crippen LogP contribution in [-0.2, 0) is 18.1 Å². The minimum atomic E-state index is -4.43. The minimum absolute atomic E-state index is 0.0568. The molecule has 0 unspecified atom stereocenters. The van der Waals surface area contributed by atoms with E-state index in [2.05, 4.69) is 27.6 Å². The lowest BCUT2D eigenvalue weighted by Gasteiger charge is -2.28. The topological polar surface area (TPSA) is 115 Å². The molecule has 1 amide bonds. The summed E-state index contributed by atoms with van der Waals surface area (Å²) in [5, 5.41) is 10.0. The fourth-order valence-electron chi connectivity index (χ4n) is 4.96. The maximum Gasteiger partial charge on any atom is 0.391 e. The fraction of sp³-hybridized carbons (Fsp3) is 0.654. The zero-order valence-electron chi connectivity index (χ0n) is 23.6. The molecule has 2 aromatic rings. The third kappa shape index (κ3) is 10.3. The lowest BCUT2D eigenvalue weighted by molar-refractivity contribution is -0.142. The summed E-state index contributed by atoms with van der Waals surface area (Å²) in [5.74, 6) is 0.397. The highest BCUT2D eigenvalue weighted by Crippen LogP contribution is 2.37. The second-order valence-electron chi connectivity index (χ2n) is 10.8. The van der Waals surface area contributed by atoms with Crippen LogP contribution in [0.3, 0.4) is 0 Å². The van der Waals surface area contributed by atoms with Crippen molar-refractivity contribution in [2.75, 3.05) is 11.9 Å². The van der Waals surface area contributed by atoms with Crippen LogP contribution in [0.15, 0.2) is 12.3 Å². The quantitative estimate of drug-likeness (QED) is 0.322. The average molecular weight is 610 g/mol. The van der Waals surface area contributed by atoms with Crippen molar-refractivity contribution >= 4 is 23.3 Å². The zero-order valence-corrected chi connectivity index (χ0v) is 24.4. The number of ether oxygens (including phenoxy) is 1. The SMILES string of the molecule is CCn1nc(C(=O)NCC2CCC(C)CC2)c(C)c1-c1cnc(NC(C)(C)CC(F)(F)F)cc1OC(F)F.O=S=O. The number of halogens is 5. The molecule has 9 nitrogen and oxygen atoms in total. The molecule has 15 heteroatoms. The van der Waals surface area contributed by atoms with Crippen molar-refractivity contribution in [1.82, 2.24) is 20.1 Å². The van der Waals surface area contributed by atoms with Gasteiger partial charge in [-0.15, -0.1) is 0 Å². The molecule has 1 fully saturated rings. The Bertz CT molecular complexity index is 1210. The molecule has 3 rings (SSSR count). The summed E-state index contributed by atoms with van der Waals surface area (Å²) >= 11 is -0.750. The summed E-state index contributed by atoms with van der Waals surface area (Å²) in [6.07, 6.45) is 0.0122. The average Bonchev–Trinajstić information content (AvgIpc) is 3.18. The van der Waals surface area contributed by atoms with Gasteiger partial charge in [-0.25, -0.2) is 4.98 Å². The minimum Gasteiger partial charge on any atom is -0.434 e. The molecule has 1 saturated carbocycles. The Morgan fingerprint density at radius 1 is 1.20 bits per heavy atom. The summed E-state index contributed by atoms with van der Waals surface area (Å²) in [6.45, 7) is 6.02. The first-order valence-corrected chi connectivity index (χ1v) is 13.8. The second kappa shape index (κ2) is 14.7. The number of carbonyl (C=O) groups excluding carboxylic acids is 1. The Hall–Kier alpha value is -3.10. The third-order valence-electron chi connectivity index (χ3n) is 6.84. The van der Waals surface area contributed by atoms with E-state index < -0.39 is 36.3 Å². The number of alkyl halides is 5. The van der Waals surface area contributed by atoms with Gasteiger partial charge in [0.25, 0.3) is 5.91 Å². The highest BCUT2D eigenvalue weighted by Gasteiger charge is 2.37. The van der Waals surface area contributed by atoms with Crippen LogP contribution in [0, 0.1) is 18.8 Å². The summed E-state index contributed by atoms with van der Waals surface area (Å²) in [7, 11) is 0. The number of aromatic nitrogens is 3. The molecule has 2 heterocycles. The van der Waals surface area contributed by atoms with E-state index in [9.17, 15) is 26.7 Å². The van der Waals surface area contributed by atoms with Crippen molar-refractivity contribution < 1.29 is 39.9 Å². The van der Waals surface area contributed by atoms with Crippen molar-refractivity contribution in [3.05, 3.63) is 23.5 Å². The molecule has 1 aliphatic rings. The lowest BCUT2D eigenvalue weighted by atomic mass is 9.83. The molecule has 0 aliphatic heterocycles.